The number of rotatable bonds is 9. The third kappa shape index (κ3) is 6.00. The Balaban J connectivity index is 1.82. The number of benzene rings is 3. The monoisotopic (exact) mass is 481 g/mol. The van der Waals surface area contributed by atoms with Gasteiger partial charge in [-0.05, 0) is 35.9 Å². The van der Waals surface area contributed by atoms with Gasteiger partial charge in [0.05, 0.1) is 19.6 Å². The summed E-state index contributed by atoms with van der Waals surface area (Å²) in [4.78, 5) is 25.6. The van der Waals surface area contributed by atoms with E-state index in [2.05, 4.69) is 10.6 Å². The van der Waals surface area contributed by atoms with Crippen LogP contribution in [0, 0.1) is 0 Å². The summed E-state index contributed by atoms with van der Waals surface area (Å²) in [7, 11) is 0.420. The molecule has 0 bridgehead atoms. The van der Waals surface area contributed by atoms with Gasteiger partial charge >= 0.3 is 0 Å². The average molecular weight is 482 g/mol. The summed E-state index contributed by atoms with van der Waals surface area (Å²) in [6, 6.07) is 21.7. The molecule has 178 valence electrons. The zero-order valence-electron chi connectivity index (χ0n) is 19.2. The molecule has 0 aliphatic rings. The van der Waals surface area contributed by atoms with Crippen molar-refractivity contribution >= 4 is 27.5 Å². The molecule has 2 amide bonds. The van der Waals surface area contributed by atoms with Crippen LogP contribution in [0.25, 0.3) is 0 Å². The number of anilines is 1. The molecular weight excluding hydrogens is 454 g/mol. The second kappa shape index (κ2) is 11.0. The van der Waals surface area contributed by atoms with E-state index in [1.807, 2.05) is 36.4 Å². The van der Waals surface area contributed by atoms with Gasteiger partial charge in [-0.25, -0.2) is 12.7 Å². The molecule has 3 aromatic carbocycles. The quantitative estimate of drug-likeness (QED) is 0.487. The van der Waals surface area contributed by atoms with Crippen LogP contribution in [0.2, 0.25) is 0 Å². The third-order valence-corrected chi connectivity index (χ3v) is 6.98. The molecule has 9 heteroatoms. The number of amides is 2. The second-order valence-corrected chi connectivity index (χ2v) is 9.83. The molecule has 0 radical (unpaired) electrons. The molecule has 2 N–H and O–H groups in total. The molecule has 0 heterocycles. The first-order valence-corrected chi connectivity index (χ1v) is 12.0. The van der Waals surface area contributed by atoms with Crippen molar-refractivity contribution in [2.24, 2.45) is 0 Å². The van der Waals surface area contributed by atoms with E-state index in [-0.39, 0.29) is 28.9 Å². The maximum absolute atomic E-state index is 12.9. The summed E-state index contributed by atoms with van der Waals surface area (Å²) >= 11 is 0. The number of hydrogen-bond acceptors (Lipinski definition) is 5. The molecule has 34 heavy (non-hydrogen) atoms. The van der Waals surface area contributed by atoms with Gasteiger partial charge < -0.3 is 15.4 Å². The van der Waals surface area contributed by atoms with Crippen LogP contribution in [0.1, 0.15) is 28.4 Å². The standard InChI is InChI=1S/C25H27N3O5S/c1-28(2)34(31,32)23-16-20(14-15-22(23)33-3)26-24(29)17-21(18-10-6-4-7-11-18)27-25(30)19-12-8-5-9-13-19/h4-16,21H,17H2,1-3H3,(H,26,29)(H,27,30). The third-order valence-electron chi connectivity index (χ3n) is 5.14. The Bertz CT molecular complexity index is 1250. The predicted octanol–water partition coefficient (Wildman–Crippen LogP) is 3.45. The highest BCUT2D eigenvalue weighted by atomic mass is 32.2. The molecule has 0 spiro atoms. The lowest BCUT2D eigenvalue weighted by Crippen LogP contribution is -2.31. The number of nitrogens with zero attached hydrogens (tertiary/aromatic N) is 1. The van der Waals surface area contributed by atoms with Crippen molar-refractivity contribution in [2.45, 2.75) is 17.4 Å². The van der Waals surface area contributed by atoms with Crippen LogP contribution in [-0.4, -0.2) is 45.7 Å². The molecule has 0 aromatic heterocycles. The van der Waals surface area contributed by atoms with Crippen LogP contribution in [-0.2, 0) is 14.8 Å². The zero-order valence-corrected chi connectivity index (χ0v) is 20.0. The Morgan fingerprint density at radius 3 is 2.15 bits per heavy atom. The first-order valence-electron chi connectivity index (χ1n) is 10.5. The fourth-order valence-corrected chi connectivity index (χ4v) is 4.39. The number of sulfonamides is 1. The van der Waals surface area contributed by atoms with Crippen LogP contribution in [0.15, 0.2) is 83.8 Å². The summed E-state index contributed by atoms with van der Waals surface area (Å²) in [6.45, 7) is 0. The normalized spacial score (nSPS) is 12.1. The molecule has 1 unspecified atom stereocenters. The first kappa shape index (κ1) is 24.9. The van der Waals surface area contributed by atoms with Gasteiger partial charge in [0.15, 0.2) is 0 Å². The molecule has 0 aliphatic heterocycles. The van der Waals surface area contributed by atoms with Crippen LogP contribution in [0.3, 0.4) is 0 Å². The van der Waals surface area contributed by atoms with Gasteiger partial charge in [-0.1, -0.05) is 48.5 Å². The van der Waals surface area contributed by atoms with E-state index in [4.69, 9.17) is 4.74 Å². The summed E-state index contributed by atoms with van der Waals surface area (Å²) in [5, 5.41) is 5.64. The number of nitrogens with one attached hydrogen (secondary N) is 2. The Kier molecular flexibility index (Phi) is 8.04. The van der Waals surface area contributed by atoms with Crippen molar-refractivity contribution in [1.29, 1.82) is 0 Å². The van der Waals surface area contributed by atoms with Gasteiger partial charge in [0.2, 0.25) is 15.9 Å². The highest BCUT2D eigenvalue weighted by molar-refractivity contribution is 7.89. The van der Waals surface area contributed by atoms with Crippen molar-refractivity contribution in [3.8, 4) is 5.75 Å². The molecule has 0 saturated heterocycles. The Morgan fingerprint density at radius 2 is 1.56 bits per heavy atom. The van der Waals surface area contributed by atoms with Gasteiger partial charge in [0.1, 0.15) is 10.6 Å². The maximum Gasteiger partial charge on any atom is 0.251 e. The number of hydrogen-bond donors (Lipinski definition) is 2. The van der Waals surface area contributed by atoms with E-state index in [9.17, 15) is 18.0 Å². The minimum absolute atomic E-state index is 0.0512. The van der Waals surface area contributed by atoms with Crippen molar-refractivity contribution < 1.29 is 22.7 Å². The Morgan fingerprint density at radius 1 is 0.941 bits per heavy atom. The summed E-state index contributed by atoms with van der Waals surface area (Å²) < 4.78 is 31.6. The van der Waals surface area contributed by atoms with Gasteiger partial charge in [0, 0.05) is 25.3 Å². The number of methoxy groups -OCH3 is 1. The zero-order chi connectivity index (χ0) is 24.7. The van der Waals surface area contributed by atoms with E-state index < -0.39 is 16.1 Å². The van der Waals surface area contributed by atoms with Crippen molar-refractivity contribution in [3.05, 3.63) is 90.0 Å². The Labute approximate surface area is 199 Å². The molecule has 3 rings (SSSR count). The summed E-state index contributed by atoms with van der Waals surface area (Å²) in [6.07, 6.45) is -0.0512. The first-order chi connectivity index (χ1) is 16.2. The molecule has 8 nitrogen and oxygen atoms in total. The Hall–Kier alpha value is -3.69. The van der Waals surface area contributed by atoms with E-state index in [0.717, 1.165) is 9.87 Å². The summed E-state index contributed by atoms with van der Waals surface area (Å²) in [5.41, 5.74) is 1.55. The smallest absolute Gasteiger partial charge is 0.251 e. The maximum atomic E-state index is 12.9. The predicted molar refractivity (Wildman–Crippen MR) is 130 cm³/mol. The molecule has 0 aliphatic carbocycles. The van der Waals surface area contributed by atoms with Gasteiger partial charge in [0.25, 0.3) is 5.91 Å². The highest BCUT2D eigenvalue weighted by Crippen LogP contribution is 2.29. The van der Waals surface area contributed by atoms with Gasteiger partial charge in [-0.15, -0.1) is 0 Å². The number of carbonyl (C=O) groups excluding carboxylic acids is 2. The van der Waals surface area contributed by atoms with E-state index in [0.29, 0.717) is 11.3 Å². The lowest BCUT2D eigenvalue weighted by atomic mass is 10.0. The van der Waals surface area contributed by atoms with Crippen LogP contribution < -0.4 is 15.4 Å². The molecule has 0 fully saturated rings. The molecular formula is C25H27N3O5S. The topological polar surface area (TPSA) is 105 Å². The minimum atomic E-state index is -3.79. The van der Waals surface area contributed by atoms with Crippen molar-refractivity contribution in [1.82, 2.24) is 9.62 Å². The lowest BCUT2D eigenvalue weighted by Gasteiger charge is -2.20. The van der Waals surface area contributed by atoms with Gasteiger partial charge in [-0.3, -0.25) is 9.59 Å². The van der Waals surface area contributed by atoms with E-state index in [1.165, 1.54) is 33.3 Å². The minimum Gasteiger partial charge on any atom is -0.495 e. The van der Waals surface area contributed by atoms with Crippen LogP contribution in [0.4, 0.5) is 5.69 Å². The number of carbonyl (C=O) groups is 2. The van der Waals surface area contributed by atoms with E-state index >= 15 is 0 Å². The molecule has 0 saturated carbocycles. The highest BCUT2D eigenvalue weighted by Gasteiger charge is 2.24. The van der Waals surface area contributed by atoms with E-state index in [1.54, 1.807) is 30.3 Å². The van der Waals surface area contributed by atoms with Crippen LogP contribution >= 0.6 is 0 Å². The fraction of sp³-hybridized carbons (Fsp3) is 0.200. The lowest BCUT2D eigenvalue weighted by molar-refractivity contribution is -0.116. The molecule has 3 aromatic rings. The largest absolute Gasteiger partial charge is 0.495 e. The average Bonchev–Trinajstić information content (AvgIpc) is 2.84. The molecule has 1 atom stereocenters. The second-order valence-electron chi connectivity index (χ2n) is 7.71. The van der Waals surface area contributed by atoms with Crippen molar-refractivity contribution in [2.75, 3.05) is 26.5 Å². The van der Waals surface area contributed by atoms with Gasteiger partial charge in [-0.2, -0.15) is 0 Å². The summed E-state index contributed by atoms with van der Waals surface area (Å²) in [5.74, 6) is -0.518. The SMILES string of the molecule is COc1ccc(NC(=O)CC(NC(=O)c2ccccc2)c2ccccc2)cc1S(=O)(=O)N(C)C. The van der Waals surface area contributed by atoms with Crippen LogP contribution in [0.5, 0.6) is 5.75 Å². The number of ether oxygens (including phenoxy) is 1. The van der Waals surface area contributed by atoms with Crippen molar-refractivity contribution in [3.63, 3.8) is 0 Å². The fourth-order valence-electron chi connectivity index (χ4n) is 3.32.